The SMILES string of the molecule is C[C@@]1(CBr)C[C@H](N2C(=O)c3ccccc3C2=O)C(=O)O1. The van der Waals surface area contributed by atoms with Crippen LogP contribution in [0.1, 0.15) is 34.1 Å². The van der Waals surface area contributed by atoms with E-state index in [1.165, 1.54) is 0 Å². The highest BCUT2D eigenvalue weighted by atomic mass is 79.9. The van der Waals surface area contributed by atoms with Crippen molar-refractivity contribution in [3.8, 4) is 0 Å². The number of halogens is 1. The minimum absolute atomic E-state index is 0.308. The molecule has 3 rings (SSSR count). The van der Waals surface area contributed by atoms with Gasteiger partial charge in [-0.25, -0.2) is 4.79 Å². The number of carbonyl (C=O) groups excluding carboxylic acids is 3. The molecule has 2 atom stereocenters. The third kappa shape index (κ3) is 1.78. The largest absolute Gasteiger partial charge is 0.457 e. The van der Waals surface area contributed by atoms with Gasteiger partial charge in [-0.2, -0.15) is 0 Å². The van der Waals surface area contributed by atoms with E-state index in [9.17, 15) is 14.4 Å². The zero-order valence-corrected chi connectivity index (χ0v) is 12.3. The van der Waals surface area contributed by atoms with Crippen LogP contribution in [0.25, 0.3) is 0 Å². The van der Waals surface area contributed by atoms with E-state index in [0.29, 0.717) is 22.9 Å². The number of rotatable bonds is 2. The maximum atomic E-state index is 12.3. The summed E-state index contributed by atoms with van der Waals surface area (Å²) in [5.74, 6) is -1.38. The fourth-order valence-corrected chi connectivity index (χ4v) is 2.96. The molecule has 2 heterocycles. The van der Waals surface area contributed by atoms with Gasteiger partial charge in [-0.15, -0.1) is 0 Å². The van der Waals surface area contributed by atoms with E-state index in [0.717, 1.165) is 4.90 Å². The number of benzene rings is 1. The van der Waals surface area contributed by atoms with Gasteiger partial charge in [-0.05, 0) is 19.1 Å². The van der Waals surface area contributed by atoms with Gasteiger partial charge >= 0.3 is 5.97 Å². The third-order valence-electron chi connectivity index (χ3n) is 3.66. The molecule has 20 heavy (non-hydrogen) atoms. The van der Waals surface area contributed by atoms with Crippen molar-refractivity contribution in [2.24, 2.45) is 0 Å². The molecule has 0 N–H and O–H groups in total. The van der Waals surface area contributed by atoms with Gasteiger partial charge < -0.3 is 4.74 Å². The summed E-state index contributed by atoms with van der Waals surface area (Å²) in [4.78, 5) is 37.7. The summed E-state index contributed by atoms with van der Waals surface area (Å²) in [6.45, 7) is 1.78. The summed E-state index contributed by atoms with van der Waals surface area (Å²) < 4.78 is 5.29. The second kappa shape index (κ2) is 4.41. The lowest BCUT2D eigenvalue weighted by molar-refractivity contribution is -0.148. The third-order valence-corrected chi connectivity index (χ3v) is 4.85. The van der Waals surface area contributed by atoms with E-state index < -0.39 is 29.4 Å². The molecule has 2 aliphatic heterocycles. The Morgan fingerprint density at radius 2 is 1.80 bits per heavy atom. The Balaban J connectivity index is 1.96. The summed E-state index contributed by atoms with van der Waals surface area (Å²) in [5.41, 5.74) is 0.00682. The van der Waals surface area contributed by atoms with Gasteiger partial charge in [0, 0.05) is 11.8 Å². The van der Waals surface area contributed by atoms with Crippen molar-refractivity contribution >= 4 is 33.7 Å². The van der Waals surface area contributed by atoms with Gasteiger partial charge in [0.05, 0.1) is 11.1 Å². The smallest absolute Gasteiger partial charge is 0.330 e. The number of hydrogen-bond donors (Lipinski definition) is 0. The molecular formula is C14H12BrNO4. The van der Waals surface area contributed by atoms with E-state index in [1.807, 2.05) is 0 Å². The van der Waals surface area contributed by atoms with Crippen LogP contribution in [-0.4, -0.2) is 39.7 Å². The lowest BCUT2D eigenvalue weighted by Gasteiger charge is -2.20. The van der Waals surface area contributed by atoms with Gasteiger partial charge in [-0.3, -0.25) is 14.5 Å². The molecule has 0 bridgehead atoms. The first-order valence-electron chi connectivity index (χ1n) is 6.22. The van der Waals surface area contributed by atoms with Crippen LogP contribution in [-0.2, 0) is 9.53 Å². The fraction of sp³-hybridized carbons (Fsp3) is 0.357. The minimum atomic E-state index is -0.843. The monoisotopic (exact) mass is 337 g/mol. The Bertz CT molecular complexity index is 594. The van der Waals surface area contributed by atoms with Gasteiger partial charge in [-0.1, -0.05) is 28.1 Å². The van der Waals surface area contributed by atoms with Crippen LogP contribution in [0.4, 0.5) is 0 Å². The first-order chi connectivity index (χ1) is 9.47. The quantitative estimate of drug-likeness (QED) is 0.468. The summed E-state index contributed by atoms with van der Waals surface area (Å²) in [6, 6.07) is 5.75. The molecule has 1 aromatic rings. The molecule has 0 spiro atoms. The van der Waals surface area contributed by atoms with Crippen molar-refractivity contribution in [2.45, 2.75) is 25.0 Å². The number of alkyl halides is 1. The number of nitrogens with zero attached hydrogens (tertiary/aromatic N) is 1. The van der Waals surface area contributed by atoms with Gasteiger partial charge in [0.15, 0.2) is 0 Å². The highest BCUT2D eigenvalue weighted by Crippen LogP contribution is 2.35. The van der Waals surface area contributed by atoms with E-state index in [4.69, 9.17) is 4.74 Å². The van der Waals surface area contributed by atoms with Crippen LogP contribution in [0.15, 0.2) is 24.3 Å². The Hall–Kier alpha value is -1.69. The predicted octanol–water partition coefficient (Wildman–Crippen LogP) is 1.75. The summed E-state index contributed by atoms with van der Waals surface area (Å²) in [6.07, 6.45) is 0.308. The average Bonchev–Trinajstić information content (AvgIpc) is 2.87. The standard InChI is InChI=1S/C14H12BrNO4/c1-14(7-15)6-10(13(19)20-14)16-11(17)8-4-2-3-5-9(8)12(16)18/h2-5,10H,6-7H2,1H3/t10-,14-/m0/s1. The van der Waals surface area contributed by atoms with Gasteiger partial charge in [0.25, 0.3) is 11.8 Å². The summed E-state index contributed by atoms with van der Waals surface area (Å²) in [5, 5.41) is 0.464. The van der Waals surface area contributed by atoms with Crippen molar-refractivity contribution in [1.29, 1.82) is 0 Å². The lowest BCUT2D eigenvalue weighted by atomic mass is 10.0. The van der Waals surface area contributed by atoms with E-state index in [-0.39, 0.29) is 0 Å². The van der Waals surface area contributed by atoms with Crippen LogP contribution in [0.2, 0.25) is 0 Å². The lowest BCUT2D eigenvalue weighted by Crippen LogP contribution is -2.43. The van der Waals surface area contributed by atoms with E-state index in [1.54, 1.807) is 31.2 Å². The minimum Gasteiger partial charge on any atom is -0.457 e. The molecule has 6 heteroatoms. The second-order valence-electron chi connectivity index (χ2n) is 5.25. The van der Waals surface area contributed by atoms with Crippen molar-refractivity contribution < 1.29 is 19.1 Å². The molecule has 1 fully saturated rings. The Kier molecular flexibility index (Phi) is 2.93. The Labute approximate surface area is 124 Å². The molecular weight excluding hydrogens is 326 g/mol. The average molecular weight is 338 g/mol. The number of esters is 1. The van der Waals surface area contributed by atoms with E-state index >= 15 is 0 Å². The number of imide groups is 1. The molecule has 0 unspecified atom stereocenters. The van der Waals surface area contributed by atoms with Gasteiger partial charge in [0.2, 0.25) is 0 Å². The molecule has 0 aromatic heterocycles. The highest BCUT2D eigenvalue weighted by molar-refractivity contribution is 9.09. The van der Waals surface area contributed by atoms with Crippen LogP contribution >= 0.6 is 15.9 Å². The second-order valence-corrected chi connectivity index (χ2v) is 5.81. The Morgan fingerprint density at radius 3 is 2.25 bits per heavy atom. The van der Waals surface area contributed by atoms with E-state index in [2.05, 4.69) is 15.9 Å². The molecule has 0 saturated carbocycles. The van der Waals surface area contributed by atoms with Crippen molar-refractivity contribution in [3.63, 3.8) is 0 Å². The first-order valence-corrected chi connectivity index (χ1v) is 7.35. The number of amides is 2. The fourth-order valence-electron chi connectivity index (χ4n) is 2.61. The number of ether oxygens (including phenoxy) is 1. The van der Waals surface area contributed by atoms with Crippen molar-refractivity contribution in [1.82, 2.24) is 4.90 Å². The van der Waals surface area contributed by atoms with Gasteiger partial charge in [0.1, 0.15) is 11.6 Å². The molecule has 104 valence electrons. The normalized spacial score (nSPS) is 28.8. The topological polar surface area (TPSA) is 63.7 Å². The molecule has 2 amide bonds. The molecule has 0 aliphatic carbocycles. The molecule has 1 saturated heterocycles. The zero-order chi connectivity index (χ0) is 14.5. The van der Waals surface area contributed by atoms with Crippen LogP contribution in [0.3, 0.4) is 0 Å². The number of carbonyl (C=O) groups is 3. The molecule has 1 aromatic carbocycles. The Morgan fingerprint density at radius 1 is 1.25 bits per heavy atom. The van der Waals surface area contributed by atoms with Crippen LogP contribution in [0, 0.1) is 0 Å². The maximum absolute atomic E-state index is 12.3. The highest BCUT2D eigenvalue weighted by Gasteiger charge is 2.51. The summed E-state index contributed by atoms with van der Waals surface area (Å²) >= 11 is 3.29. The van der Waals surface area contributed by atoms with Crippen molar-refractivity contribution in [2.75, 3.05) is 5.33 Å². The summed E-state index contributed by atoms with van der Waals surface area (Å²) in [7, 11) is 0. The van der Waals surface area contributed by atoms with Crippen LogP contribution in [0.5, 0.6) is 0 Å². The number of fused-ring (bicyclic) bond motifs is 1. The molecule has 5 nitrogen and oxygen atoms in total. The molecule has 0 radical (unpaired) electrons. The van der Waals surface area contributed by atoms with Crippen molar-refractivity contribution in [3.05, 3.63) is 35.4 Å². The zero-order valence-electron chi connectivity index (χ0n) is 10.8. The maximum Gasteiger partial charge on any atom is 0.330 e. The number of cyclic esters (lactones) is 1. The number of hydrogen-bond acceptors (Lipinski definition) is 4. The predicted molar refractivity (Wildman–Crippen MR) is 73.6 cm³/mol. The first kappa shape index (κ1) is 13.3. The molecule has 2 aliphatic rings. The van der Waals surface area contributed by atoms with Crippen LogP contribution < -0.4 is 0 Å².